The number of likely N-dealkylation sites (tertiary alicyclic amines) is 1. The number of aliphatic hydroxyl groups is 1. The second-order valence-corrected chi connectivity index (χ2v) is 4.49. The first-order valence-corrected chi connectivity index (χ1v) is 5.14. The molecule has 2 nitrogen and oxygen atoms in total. The van der Waals surface area contributed by atoms with Gasteiger partial charge in [0.2, 0.25) is 0 Å². The van der Waals surface area contributed by atoms with Gasteiger partial charge in [-0.25, -0.2) is 0 Å². The summed E-state index contributed by atoms with van der Waals surface area (Å²) < 4.78 is 0. The van der Waals surface area contributed by atoms with Crippen molar-refractivity contribution in [3.8, 4) is 0 Å². The van der Waals surface area contributed by atoms with Gasteiger partial charge in [-0.05, 0) is 51.1 Å². The third-order valence-electron chi connectivity index (χ3n) is 3.25. The van der Waals surface area contributed by atoms with Crippen LogP contribution in [0, 0.1) is 11.8 Å². The summed E-state index contributed by atoms with van der Waals surface area (Å²) >= 11 is 0. The van der Waals surface area contributed by atoms with Crippen LogP contribution in [-0.4, -0.2) is 36.2 Å². The monoisotopic (exact) mass is 169 g/mol. The maximum absolute atomic E-state index is 9.90. The van der Waals surface area contributed by atoms with Crippen molar-refractivity contribution in [2.24, 2.45) is 11.8 Å². The van der Waals surface area contributed by atoms with Gasteiger partial charge >= 0.3 is 0 Å². The van der Waals surface area contributed by atoms with E-state index in [0.717, 1.165) is 6.54 Å². The highest BCUT2D eigenvalue weighted by atomic mass is 16.3. The first-order chi connectivity index (χ1) is 5.77. The molecule has 1 aliphatic heterocycles. The highest BCUT2D eigenvalue weighted by Gasteiger charge is 2.36. The smallest absolute Gasteiger partial charge is 0.0608 e. The minimum Gasteiger partial charge on any atom is -0.393 e. The quantitative estimate of drug-likeness (QED) is 0.669. The third-order valence-corrected chi connectivity index (χ3v) is 3.25. The van der Waals surface area contributed by atoms with Crippen molar-refractivity contribution in [2.45, 2.75) is 31.8 Å². The molecule has 2 rings (SSSR count). The summed E-state index contributed by atoms with van der Waals surface area (Å²) in [6, 6.07) is 0. The first kappa shape index (κ1) is 8.52. The molecule has 1 aliphatic carbocycles. The summed E-state index contributed by atoms with van der Waals surface area (Å²) in [6.45, 7) is 2.32. The number of nitrogens with zero attached hydrogens (tertiary/aromatic N) is 1. The van der Waals surface area contributed by atoms with Gasteiger partial charge in [-0.15, -0.1) is 0 Å². The molecule has 0 aromatic rings. The molecule has 2 heteroatoms. The Hall–Kier alpha value is -0.0800. The lowest BCUT2D eigenvalue weighted by atomic mass is 9.90. The summed E-state index contributed by atoms with van der Waals surface area (Å²) in [7, 11) is 2.16. The Morgan fingerprint density at radius 2 is 2.00 bits per heavy atom. The molecule has 1 saturated heterocycles. The standard InChI is InChI=1S/C10H19NO/c1-11-6-2-3-9(7-11)10(12)8-4-5-8/h8-10,12H,2-7H2,1H3. The molecule has 2 unspecified atom stereocenters. The van der Waals surface area contributed by atoms with Crippen molar-refractivity contribution in [2.75, 3.05) is 20.1 Å². The summed E-state index contributed by atoms with van der Waals surface area (Å²) in [4.78, 5) is 2.35. The van der Waals surface area contributed by atoms with E-state index in [4.69, 9.17) is 0 Å². The van der Waals surface area contributed by atoms with Crippen molar-refractivity contribution in [3.63, 3.8) is 0 Å². The van der Waals surface area contributed by atoms with Crippen molar-refractivity contribution in [1.29, 1.82) is 0 Å². The largest absolute Gasteiger partial charge is 0.393 e. The Morgan fingerprint density at radius 1 is 1.25 bits per heavy atom. The van der Waals surface area contributed by atoms with Gasteiger partial charge in [-0.2, -0.15) is 0 Å². The molecule has 0 bridgehead atoms. The molecular weight excluding hydrogens is 150 g/mol. The highest BCUT2D eigenvalue weighted by molar-refractivity contribution is 4.87. The SMILES string of the molecule is CN1CCCC(C(O)C2CC2)C1. The molecule has 2 atom stereocenters. The maximum Gasteiger partial charge on any atom is 0.0608 e. The number of aliphatic hydroxyl groups excluding tert-OH is 1. The van der Waals surface area contributed by atoms with E-state index in [1.807, 2.05) is 0 Å². The van der Waals surface area contributed by atoms with E-state index in [9.17, 15) is 5.11 Å². The molecule has 1 N–H and O–H groups in total. The summed E-state index contributed by atoms with van der Waals surface area (Å²) in [5.41, 5.74) is 0. The molecule has 1 heterocycles. The lowest BCUT2D eigenvalue weighted by Gasteiger charge is -2.32. The molecule has 0 aromatic carbocycles. The highest BCUT2D eigenvalue weighted by Crippen LogP contribution is 2.37. The molecule has 0 amide bonds. The second-order valence-electron chi connectivity index (χ2n) is 4.49. The Morgan fingerprint density at radius 3 is 2.58 bits per heavy atom. The van der Waals surface area contributed by atoms with Crippen molar-refractivity contribution < 1.29 is 5.11 Å². The van der Waals surface area contributed by atoms with Gasteiger partial charge in [0.1, 0.15) is 0 Å². The molecular formula is C10H19NO. The Kier molecular flexibility index (Phi) is 2.37. The summed E-state index contributed by atoms with van der Waals surface area (Å²) in [5.74, 6) is 1.22. The van der Waals surface area contributed by atoms with Gasteiger partial charge < -0.3 is 10.0 Å². The molecule has 12 heavy (non-hydrogen) atoms. The lowest BCUT2D eigenvalue weighted by Crippen LogP contribution is -2.38. The average Bonchev–Trinajstić information content (AvgIpc) is 2.85. The minimum atomic E-state index is 0.00718. The fourth-order valence-electron chi connectivity index (χ4n) is 2.31. The number of piperidine rings is 1. The summed E-state index contributed by atoms with van der Waals surface area (Å²) in [5, 5.41) is 9.90. The molecule has 2 aliphatic rings. The predicted molar refractivity (Wildman–Crippen MR) is 49.0 cm³/mol. The minimum absolute atomic E-state index is 0.00718. The Bertz CT molecular complexity index is 156. The van der Waals surface area contributed by atoms with E-state index in [2.05, 4.69) is 11.9 Å². The van der Waals surface area contributed by atoms with Crippen LogP contribution < -0.4 is 0 Å². The fourth-order valence-corrected chi connectivity index (χ4v) is 2.31. The van der Waals surface area contributed by atoms with Gasteiger partial charge in [0, 0.05) is 6.54 Å². The van der Waals surface area contributed by atoms with Gasteiger partial charge in [0.15, 0.2) is 0 Å². The number of rotatable bonds is 2. The molecule has 70 valence electrons. The van der Waals surface area contributed by atoms with E-state index in [1.54, 1.807) is 0 Å². The van der Waals surface area contributed by atoms with Crippen molar-refractivity contribution in [3.05, 3.63) is 0 Å². The first-order valence-electron chi connectivity index (χ1n) is 5.14. The van der Waals surface area contributed by atoms with Crippen LogP contribution in [0.5, 0.6) is 0 Å². The molecule has 0 radical (unpaired) electrons. The second kappa shape index (κ2) is 3.35. The predicted octanol–water partition coefficient (Wildman–Crippen LogP) is 1.10. The van der Waals surface area contributed by atoms with Gasteiger partial charge in [0.25, 0.3) is 0 Å². The van der Waals surface area contributed by atoms with Crippen LogP contribution in [0.4, 0.5) is 0 Å². The van der Waals surface area contributed by atoms with Crippen LogP contribution in [-0.2, 0) is 0 Å². The third kappa shape index (κ3) is 1.80. The molecule has 2 fully saturated rings. The van der Waals surface area contributed by atoms with Gasteiger partial charge in [0.05, 0.1) is 6.10 Å². The topological polar surface area (TPSA) is 23.5 Å². The fraction of sp³-hybridized carbons (Fsp3) is 1.00. The van der Waals surface area contributed by atoms with E-state index in [0.29, 0.717) is 11.8 Å². The number of hydrogen-bond donors (Lipinski definition) is 1. The van der Waals surface area contributed by atoms with Crippen LogP contribution in [0.2, 0.25) is 0 Å². The van der Waals surface area contributed by atoms with Crippen LogP contribution in [0.15, 0.2) is 0 Å². The van der Waals surface area contributed by atoms with Crippen LogP contribution in [0.3, 0.4) is 0 Å². The average molecular weight is 169 g/mol. The Balaban J connectivity index is 1.84. The zero-order valence-corrected chi connectivity index (χ0v) is 7.87. The van der Waals surface area contributed by atoms with Crippen molar-refractivity contribution in [1.82, 2.24) is 4.90 Å². The van der Waals surface area contributed by atoms with Crippen molar-refractivity contribution >= 4 is 0 Å². The molecule has 0 spiro atoms. The molecule has 1 saturated carbocycles. The Labute approximate surface area is 74.6 Å². The van der Waals surface area contributed by atoms with E-state index >= 15 is 0 Å². The van der Waals surface area contributed by atoms with Crippen LogP contribution in [0.1, 0.15) is 25.7 Å². The van der Waals surface area contributed by atoms with E-state index in [-0.39, 0.29) is 6.10 Å². The van der Waals surface area contributed by atoms with Gasteiger partial charge in [-0.3, -0.25) is 0 Å². The summed E-state index contributed by atoms with van der Waals surface area (Å²) in [6.07, 6.45) is 5.04. The van der Waals surface area contributed by atoms with Crippen LogP contribution >= 0.6 is 0 Å². The van der Waals surface area contributed by atoms with E-state index in [1.165, 1.54) is 32.2 Å². The molecule has 0 aromatic heterocycles. The van der Waals surface area contributed by atoms with E-state index < -0.39 is 0 Å². The zero-order chi connectivity index (χ0) is 8.55. The normalized spacial score (nSPS) is 35.0. The lowest BCUT2D eigenvalue weighted by molar-refractivity contribution is 0.0443. The zero-order valence-electron chi connectivity index (χ0n) is 7.87. The van der Waals surface area contributed by atoms with Gasteiger partial charge in [-0.1, -0.05) is 0 Å². The maximum atomic E-state index is 9.90. The van der Waals surface area contributed by atoms with Crippen LogP contribution in [0.25, 0.3) is 0 Å². The number of hydrogen-bond acceptors (Lipinski definition) is 2.